The van der Waals surface area contributed by atoms with Crippen molar-refractivity contribution < 1.29 is 9.32 Å². The first-order chi connectivity index (χ1) is 9.93. The van der Waals surface area contributed by atoms with Crippen LogP contribution in [0.25, 0.3) is 0 Å². The van der Waals surface area contributed by atoms with Crippen LogP contribution in [0.4, 0.5) is 0 Å². The van der Waals surface area contributed by atoms with Gasteiger partial charge >= 0.3 is 0 Å². The van der Waals surface area contributed by atoms with Crippen molar-refractivity contribution in [2.24, 2.45) is 0 Å². The number of aromatic nitrogens is 1. The van der Waals surface area contributed by atoms with Crippen LogP contribution < -0.4 is 0 Å². The maximum absolute atomic E-state index is 12.4. The Bertz CT molecular complexity index is 602. The topological polar surface area (TPSA) is 46.3 Å². The molecule has 0 atom stereocenters. The lowest BCUT2D eigenvalue weighted by Gasteiger charge is -2.36. The van der Waals surface area contributed by atoms with Crippen molar-refractivity contribution >= 4 is 5.91 Å². The molecule has 0 N–H and O–H groups in total. The van der Waals surface area contributed by atoms with Crippen molar-refractivity contribution in [2.75, 3.05) is 7.05 Å². The smallest absolute Gasteiger partial charge is 0.223 e. The fraction of sp³-hybridized carbons (Fsp3) is 0.412. The Balaban J connectivity index is 2.03. The molecule has 0 unspecified atom stereocenters. The molecule has 0 saturated heterocycles. The van der Waals surface area contributed by atoms with Gasteiger partial charge in [-0.15, -0.1) is 0 Å². The minimum Gasteiger partial charge on any atom is -0.364 e. The minimum atomic E-state index is -0.331. The normalized spacial score (nSPS) is 11.4. The summed E-state index contributed by atoms with van der Waals surface area (Å²) in [6.07, 6.45) is 2.73. The highest BCUT2D eigenvalue weighted by molar-refractivity contribution is 5.77. The molecule has 1 aromatic carbocycles. The standard InChI is InChI=1S/C17H22N2O2/c1-13-14(12-21-18-13)10-11-16(20)19(4)17(2,3)15-8-6-5-7-9-15/h5-9,12H,10-11H2,1-4H3. The Labute approximate surface area is 125 Å². The lowest BCUT2D eigenvalue weighted by atomic mass is 9.92. The quantitative estimate of drug-likeness (QED) is 0.847. The van der Waals surface area contributed by atoms with E-state index in [-0.39, 0.29) is 11.4 Å². The summed E-state index contributed by atoms with van der Waals surface area (Å²) < 4.78 is 4.90. The van der Waals surface area contributed by atoms with Gasteiger partial charge < -0.3 is 9.42 Å². The average Bonchev–Trinajstić information content (AvgIpc) is 2.90. The van der Waals surface area contributed by atoms with Crippen molar-refractivity contribution in [3.63, 3.8) is 0 Å². The van der Waals surface area contributed by atoms with Gasteiger partial charge in [0.1, 0.15) is 6.26 Å². The Morgan fingerprint density at radius 2 is 1.95 bits per heavy atom. The van der Waals surface area contributed by atoms with E-state index in [0.29, 0.717) is 12.8 Å². The third-order valence-electron chi connectivity index (χ3n) is 4.15. The first-order valence-corrected chi connectivity index (χ1v) is 7.15. The van der Waals surface area contributed by atoms with Crippen LogP contribution in [0.5, 0.6) is 0 Å². The summed E-state index contributed by atoms with van der Waals surface area (Å²) in [4.78, 5) is 14.3. The average molecular weight is 286 g/mol. The zero-order chi connectivity index (χ0) is 15.5. The number of carbonyl (C=O) groups is 1. The zero-order valence-electron chi connectivity index (χ0n) is 13.1. The van der Waals surface area contributed by atoms with Crippen LogP contribution in [0.2, 0.25) is 0 Å². The van der Waals surface area contributed by atoms with Gasteiger partial charge in [0.15, 0.2) is 0 Å². The van der Waals surface area contributed by atoms with Gasteiger partial charge in [0, 0.05) is 19.0 Å². The van der Waals surface area contributed by atoms with Gasteiger partial charge in [-0.3, -0.25) is 4.79 Å². The van der Waals surface area contributed by atoms with E-state index in [1.807, 2.05) is 49.2 Å². The van der Waals surface area contributed by atoms with Crippen LogP contribution >= 0.6 is 0 Å². The first-order valence-electron chi connectivity index (χ1n) is 7.15. The number of nitrogens with zero attached hydrogens (tertiary/aromatic N) is 2. The van der Waals surface area contributed by atoms with E-state index in [1.165, 1.54) is 0 Å². The molecule has 0 saturated carbocycles. The van der Waals surface area contributed by atoms with Crippen molar-refractivity contribution in [2.45, 2.75) is 39.2 Å². The van der Waals surface area contributed by atoms with Crippen LogP contribution in [0, 0.1) is 6.92 Å². The van der Waals surface area contributed by atoms with E-state index < -0.39 is 0 Å². The van der Waals surface area contributed by atoms with E-state index in [9.17, 15) is 4.79 Å². The Kier molecular flexibility index (Phi) is 4.46. The molecule has 2 rings (SSSR count). The monoisotopic (exact) mass is 286 g/mol. The molecule has 0 bridgehead atoms. The first kappa shape index (κ1) is 15.3. The van der Waals surface area contributed by atoms with Crippen molar-refractivity contribution in [3.8, 4) is 0 Å². The van der Waals surface area contributed by atoms with E-state index in [2.05, 4.69) is 19.0 Å². The third kappa shape index (κ3) is 3.32. The summed E-state index contributed by atoms with van der Waals surface area (Å²) in [5.41, 5.74) is 2.64. The molecule has 1 amide bonds. The number of aryl methyl sites for hydroxylation is 2. The molecular formula is C17H22N2O2. The summed E-state index contributed by atoms with van der Waals surface area (Å²) in [7, 11) is 1.86. The molecule has 4 nitrogen and oxygen atoms in total. The highest BCUT2D eigenvalue weighted by Gasteiger charge is 2.29. The fourth-order valence-corrected chi connectivity index (χ4v) is 2.31. The molecule has 0 spiro atoms. The van der Waals surface area contributed by atoms with Crippen molar-refractivity contribution in [3.05, 3.63) is 53.4 Å². The summed E-state index contributed by atoms with van der Waals surface area (Å²) in [6.45, 7) is 6.01. The highest BCUT2D eigenvalue weighted by atomic mass is 16.5. The van der Waals surface area contributed by atoms with Crippen LogP contribution in [0.3, 0.4) is 0 Å². The minimum absolute atomic E-state index is 0.115. The number of benzene rings is 1. The van der Waals surface area contributed by atoms with Crippen molar-refractivity contribution in [1.82, 2.24) is 10.1 Å². The predicted octanol–water partition coefficient (Wildman–Crippen LogP) is 3.31. The Hall–Kier alpha value is -2.10. The summed E-state index contributed by atoms with van der Waals surface area (Å²) >= 11 is 0. The Morgan fingerprint density at radius 1 is 1.29 bits per heavy atom. The fourth-order valence-electron chi connectivity index (χ4n) is 2.31. The highest BCUT2D eigenvalue weighted by Crippen LogP contribution is 2.27. The second kappa shape index (κ2) is 6.12. The van der Waals surface area contributed by atoms with Crippen LogP contribution in [0.1, 0.15) is 37.1 Å². The SMILES string of the molecule is Cc1nocc1CCC(=O)N(C)C(C)(C)c1ccccc1. The molecule has 0 radical (unpaired) electrons. The summed E-state index contributed by atoms with van der Waals surface area (Å²) in [6, 6.07) is 10.1. The lowest BCUT2D eigenvalue weighted by molar-refractivity contribution is -0.134. The number of amides is 1. The van der Waals surface area contributed by atoms with Crippen LogP contribution in [-0.4, -0.2) is 23.0 Å². The molecule has 1 heterocycles. The number of hydrogen-bond donors (Lipinski definition) is 0. The molecular weight excluding hydrogens is 264 g/mol. The van der Waals surface area contributed by atoms with Gasteiger partial charge in [0.2, 0.25) is 5.91 Å². The molecule has 112 valence electrons. The Morgan fingerprint density at radius 3 is 2.52 bits per heavy atom. The van der Waals surface area contributed by atoms with Gasteiger partial charge in [-0.25, -0.2) is 0 Å². The summed E-state index contributed by atoms with van der Waals surface area (Å²) in [5.74, 6) is 0.115. The van der Waals surface area contributed by atoms with Crippen LogP contribution in [-0.2, 0) is 16.8 Å². The lowest BCUT2D eigenvalue weighted by Crippen LogP contribution is -2.42. The number of rotatable bonds is 5. The molecule has 21 heavy (non-hydrogen) atoms. The second-order valence-corrected chi connectivity index (χ2v) is 5.80. The van der Waals surface area contributed by atoms with Crippen molar-refractivity contribution in [1.29, 1.82) is 0 Å². The maximum atomic E-state index is 12.4. The van der Waals surface area contributed by atoms with Gasteiger partial charge in [-0.05, 0) is 32.8 Å². The van der Waals surface area contributed by atoms with E-state index in [1.54, 1.807) is 6.26 Å². The second-order valence-electron chi connectivity index (χ2n) is 5.80. The predicted molar refractivity (Wildman–Crippen MR) is 81.8 cm³/mol. The molecule has 0 aliphatic carbocycles. The molecule has 0 fully saturated rings. The number of hydrogen-bond acceptors (Lipinski definition) is 3. The van der Waals surface area contributed by atoms with Gasteiger partial charge in [-0.1, -0.05) is 35.5 Å². The summed E-state index contributed by atoms with van der Waals surface area (Å²) in [5, 5.41) is 3.84. The zero-order valence-corrected chi connectivity index (χ0v) is 13.1. The molecule has 2 aromatic rings. The largest absolute Gasteiger partial charge is 0.364 e. The van der Waals surface area contributed by atoms with Gasteiger partial charge in [0.05, 0.1) is 11.2 Å². The van der Waals surface area contributed by atoms with Crippen LogP contribution in [0.15, 0.2) is 41.1 Å². The van der Waals surface area contributed by atoms with E-state index >= 15 is 0 Å². The number of carbonyl (C=O) groups excluding carboxylic acids is 1. The molecule has 4 heteroatoms. The maximum Gasteiger partial charge on any atom is 0.223 e. The molecule has 1 aromatic heterocycles. The van der Waals surface area contributed by atoms with Gasteiger partial charge in [0.25, 0.3) is 0 Å². The molecule has 0 aliphatic rings. The van der Waals surface area contributed by atoms with Gasteiger partial charge in [-0.2, -0.15) is 0 Å². The van der Waals surface area contributed by atoms with E-state index in [0.717, 1.165) is 16.8 Å². The third-order valence-corrected chi connectivity index (χ3v) is 4.15. The van der Waals surface area contributed by atoms with E-state index in [4.69, 9.17) is 4.52 Å². The molecule has 0 aliphatic heterocycles.